The Bertz CT molecular complexity index is 231. The highest BCUT2D eigenvalue weighted by molar-refractivity contribution is 7.17. The van der Waals surface area contributed by atoms with Gasteiger partial charge in [0.15, 0.2) is 0 Å². The molecule has 1 rings (SSSR count). The van der Waals surface area contributed by atoms with Crippen LogP contribution >= 0.6 is 9.24 Å². The van der Waals surface area contributed by atoms with Crippen LogP contribution < -0.4 is 0 Å². The van der Waals surface area contributed by atoms with Crippen LogP contribution in [0.1, 0.15) is 29.3 Å². The third-order valence-corrected chi connectivity index (χ3v) is 2.15. The minimum absolute atomic E-state index is 0.564. The van der Waals surface area contributed by atoms with Gasteiger partial charge in [-0.3, -0.25) is 0 Å². The van der Waals surface area contributed by atoms with Gasteiger partial charge in [0.05, 0.1) is 0 Å². The molecule has 1 aromatic carbocycles. The van der Waals surface area contributed by atoms with Gasteiger partial charge in [0.1, 0.15) is 0 Å². The normalized spacial score (nSPS) is 13.1. The van der Waals surface area contributed by atoms with Gasteiger partial charge in [-0.25, -0.2) is 0 Å². The van der Waals surface area contributed by atoms with Crippen molar-refractivity contribution in [3.8, 4) is 0 Å². The lowest BCUT2D eigenvalue weighted by Gasteiger charge is -2.07. The highest BCUT2D eigenvalue weighted by Gasteiger charge is 1.99. The smallest absolute Gasteiger partial charge is 0.00426 e. The number of hydrogen-bond acceptors (Lipinski definition) is 0. The summed E-state index contributed by atoms with van der Waals surface area (Å²) in [7, 11) is 2.82. The van der Waals surface area contributed by atoms with Crippen LogP contribution in [-0.2, 0) is 0 Å². The van der Waals surface area contributed by atoms with Crippen molar-refractivity contribution < 1.29 is 0 Å². The van der Waals surface area contributed by atoms with Crippen molar-refractivity contribution >= 4 is 9.24 Å². The second-order valence-corrected chi connectivity index (χ2v) is 4.21. The Morgan fingerprint density at radius 2 is 1.55 bits per heavy atom. The van der Waals surface area contributed by atoms with Crippen LogP contribution in [0.15, 0.2) is 18.2 Å². The van der Waals surface area contributed by atoms with Gasteiger partial charge in [-0.15, -0.1) is 9.24 Å². The van der Waals surface area contributed by atoms with Crippen LogP contribution in [0, 0.1) is 13.8 Å². The molecule has 0 saturated carbocycles. The molecule has 0 spiro atoms. The molecule has 2 atom stereocenters. The van der Waals surface area contributed by atoms with Crippen LogP contribution in [0.4, 0.5) is 0 Å². The van der Waals surface area contributed by atoms with E-state index in [-0.39, 0.29) is 0 Å². The summed E-state index contributed by atoms with van der Waals surface area (Å²) in [5.74, 6) is 0. The van der Waals surface area contributed by atoms with Crippen LogP contribution in [0.25, 0.3) is 0 Å². The van der Waals surface area contributed by atoms with E-state index in [1.165, 1.54) is 16.7 Å². The standard InChI is InChI=1S/C10H15P/c1-7-4-8(2)6-10(5-7)9(3)11/h4-6,9H,11H2,1-3H3. The molecule has 60 valence electrons. The molecule has 0 N–H and O–H groups in total. The first-order valence-electron chi connectivity index (χ1n) is 3.93. The Balaban J connectivity index is 3.08. The summed E-state index contributed by atoms with van der Waals surface area (Å²) in [4.78, 5) is 0. The van der Waals surface area contributed by atoms with Crippen molar-refractivity contribution in [3.63, 3.8) is 0 Å². The monoisotopic (exact) mass is 166 g/mol. The first-order chi connectivity index (χ1) is 5.09. The predicted octanol–water partition coefficient (Wildman–Crippen LogP) is 3.24. The van der Waals surface area contributed by atoms with Gasteiger partial charge in [0.25, 0.3) is 0 Å². The third-order valence-electron chi connectivity index (χ3n) is 1.77. The first-order valence-corrected chi connectivity index (χ1v) is 4.60. The largest absolute Gasteiger partial charge is 0.130 e. The van der Waals surface area contributed by atoms with Gasteiger partial charge in [-0.1, -0.05) is 36.2 Å². The number of benzene rings is 1. The van der Waals surface area contributed by atoms with Crippen molar-refractivity contribution in [2.45, 2.75) is 26.4 Å². The lowest BCUT2D eigenvalue weighted by Crippen LogP contribution is -1.86. The van der Waals surface area contributed by atoms with E-state index in [1.807, 2.05) is 0 Å². The number of rotatable bonds is 1. The second-order valence-electron chi connectivity index (χ2n) is 3.21. The molecule has 0 bridgehead atoms. The van der Waals surface area contributed by atoms with E-state index in [1.54, 1.807) is 0 Å². The molecule has 11 heavy (non-hydrogen) atoms. The molecule has 0 aliphatic heterocycles. The molecule has 0 aliphatic carbocycles. The molecular formula is C10H15P. The zero-order chi connectivity index (χ0) is 8.43. The van der Waals surface area contributed by atoms with Crippen LogP contribution in [-0.4, -0.2) is 0 Å². The lowest BCUT2D eigenvalue weighted by molar-refractivity contribution is 1.09. The van der Waals surface area contributed by atoms with E-state index < -0.39 is 0 Å². The summed E-state index contributed by atoms with van der Waals surface area (Å²) in [6.45, 7) is 6.48. The van der Waals surface area contributed by atoms with E-state index in [0.29, 0.717) is 5.66 Å². The summed E-state index contributed by atoms with van der Waals surface area (Å²) < 4.78 is 0. The fraction of sp³-hybridized carbons (Fsp3) is 0.400. The molecule has 0 heterocycles. The van der Waals surface area contributed by atoms with Gasteiger partial charge in [0, 0.05) is 0 Å². The molecular weight excluding hydrogens is 151 g/mol. The van der Waals surface area contributed by atoms with Gasteiger partial charge < -0.3 is 0 Å². The second kappa shape index (κ2) is 3.36. The Morgan fingerprint density at radius 1 is 1.09 bits per heavy atom. The molecule has 0 saturated heterocycles. The molecule has 0 aliphatic rings. The lowest BCUT2D eigenvalue weighted by atomic mass is 10.1. The van der Waals surface area contributed by atoms with Gasteiger partial charge >= 0.3 is 0 Å². The number of hydrogen-bond donors (Lipinski definition) is 0. The summed E-state index contributed by atoms with van der Waals surface area (Å²) in [5, 5.41) is 0. The maximum atomic E-state index is 2.82. The quantitative estimate of drug-likeness (QED) is 0.562. The van der Waals surface area contributed by atoms with Gasteiger partial charge in [-0.05, 0) is 25.1 Å². The van der Waals surface area contributed by atoms with E-state index in [2.05, 4.69) is 48.2 Å². The fourth-order valence-corrected chi connectivity index (χ4v) is 1.47. The summed E-state index contributed by atoms with van der Waals surface area (Å²) in [5.41, 5.74) is 4.68. The zero-order valence-electron chi connectivity index (χ0n) is 7.39. The molecule has 0 amide bonds. The Labute approximate surface area is 71.2 Å². The predicted molar refractivity (Wildman–Crippen MR) is 54.0 cm³/mol. The van der Waals surface area contributed by atoms with Crippen molar-refractivity contribution in [1.82, 2.24) is 0 Å². The SMILES string of the molecule is Cc1cc(C)cc(C(C)P)c1. The maximum Gasteiger partial charge on any atom is -0.00426 e. The Hall–Kier alpha value is -0.350. The number of aryl methyl sites for hydroxylation is 2. The van der Waals surface area contributed by atoms with Gasteiger partial charge in [-0.2, -0.15) is 0 Å². The maximum absolute atomic E-state index is 2.82. The highest BCUT2D eigenvalue weighted by Crippen LogP contribution is 2.23. The van der Waals surface area contributed by atoms with Gasteiger partial charge in [0.2, 0.25) is 0 Å². The van der Waals surface area contributed by atoms with E-state index in [4.69, 9.17) is 0 Å². The van der Waals surface area contributed by atoms with Crippen molar-refractivity contribution in [2.75, 3.05) is 0 Å². The Morgan fingerprint density at radius 3 is 1.91 bits per heavy atom. The highest BCUT2D eigenvalue weighted by atomic mass is 31.0. The molecule has 0 aromatic heterocycles. The van der Waals surface area contributed by atoms with Crippen molar-refractivity contribution in [3.05, 3.63) is 34.9 Å². The molecule has 1 aromatic rings. The Kier molecular flexibility index (Phi) is 2.67. The minimum Gasteiger partial charge on any atom is -0.130 e. The zero-order valence-corrected chi connectivity index (χ0v) is 8.54. The molecule has 0 nitrogen and oxygen atoms in total. The molecule has 1 heteroatoms. The summed E-state index contributed by atoms with van der Waals surface area (Å²) >= 11 is 0. The first kappa shape index (κ1) is 8.74. The summed E-state index contributed by atoms with van der Waals surface area (Å²) in [6, 6.07) is 6.69. The summed E-state index contributed by atoms with van der Waals surface area (Å²) in [6.07, 6.45) is 0. The minimum atomic E-state index is 0.564. The molecule has 0 fully saturated rings. The fourth-order valence-electron chi connectivity index (χ4n) is 1.27. The van der Waals surface area contributed by atoms with E-state index in [9.17, 15) is 0 Å². The van der Waals surface area contributed by atoms with Crippen LogP contribution in [0.2, 0.25) is 0 Å². The van der Waals surface area contributed by atoms with E-state index >= 15 is 0 Å². The van der Waals surface area contributed by atoms with Crippen LogP contribution in [0.5, 0.6) is 0 Å². The van der Waals surface area contributed by atoms with Crippen LogP contribution in [0.3, 0.4) is 0 Å². The third kappa shape index (κ3) is 2.31. The van der Waals surface area contributed by atoms with E-state index in [0.717, 1.165) is 0 Å². The average Bonchev–Trinajstić information content (AvgIpc) is 1.85. The van der Waals surface area contributed by atoms with Crippen molar-refractivity contribution in [1.29, 1.82) is 0 Å². The molecule has 0 radical (unpaired) electrons. The molecule has 2 unspecified atom stereocenters. The van der Waals surface area contributed by atoms with Crippen molar-refractivity contribution in [2.24, 2.45) is 0 Å². The topological polar surface area (TPSA) is 0 Å². The average molecular weight is 166 g/mol.